The standard InChI is InChI=1S/C14H17N3/c1-2-17(13-6-4-3-5-7-13)11-12-8-9-16-14(15)10-12/h3-10H,2,11H2,1H3,(H2,15,16). The molecule has 0 saturated carbocycles. The third-order valence-corrected chi connectivity index (χ3v) is 2.72. The molecular weight excluding hydrogens is 210 g/mol. The van der Waals surface area contributed by atoms with Crippen molar-refractivity contribution < 1.29 is 0 Å². The summed E-state index contributed by atoms with van der Waals surface area (Å²) < 4.78 is 0. The molecule has 2 rings (SSSR count). The largest absolute Gasteiger partial charge is 0.384 e. The summed E-state index contributed by atoms with van der Waals surface area (Å²) in [5.74, 6) is 0.576. The van der Waals surface area contributed by atoms with Gasteiger partial charge in [0.05, 0.1) is 0 Å². The lowest BCUT2D eigenvalue weighted by Gasteiger charge is -2.23. The maximum Gasteiger partial charge on any atom is 0.123 e. The molecule has 0 bridgehead atoms. The summed E-state index contributed by atoms with van der Waals surface area (Å²) in [7, 11) is 0. The maximum atomic E-state index is 5.68. The number of benzene rings is 1. The molecule has 0 aliphatic heterocycles. The van der Waals surface area contributed by atoms with Gasteiger partial charge in [-0.2, -0.15) is 0 Å². The molecule has 88 valence electrons. The van der Waals surface area contributed by atoms with Gasteiger partial charge in [0.1, 0.15) is 5.82 Å². The van der Waals surface area contributed by atoms with Crippen molar-refractivity contribution >= 4 is 11.5 Å². The molecule has 0 amide bonds. The van der Waals surface area contributed by atoms with E-state index in [4.69, 9.17) is 5.73 Å². The summed E-state index contributed by atoms with van der Waals surface area (Å²) in [6.45, 7) is 3.97. The summed E-state index contributed by atoms with van der Waals surface area (Å²) in [6.07, 6.45) is 1.75. The van der Waals surface area contributed by atoms with Crippen molar-refractivity contribution in [2.75, 3.05) is 17.2 Å². The first kappa shape index (κ1) is 11.5. The third-order valence-electron chi connectivity index (χ3n) is 2.72. The molecule has 0 radical (unpaired) electrons. The highest BCUT2D eigenvalue weighted by atomic mass is 15.1. The minimum absolute atomic E-state index is 0.576. The van der Waals surface area contributed by atoms with Gasteiger partial charge in [0.15, 0.2) is 0 Å². The fraction of sp³-hybridized carbons (Fsp3) is 0.214. The van der Waals surface area contributed by atoms with Gasteiger partial charge in [0.2, 0.25) is 0 Å². The fourth-order valence-corrected chi connectivity index (χ4v) is 1.84. The number of hydrogen-bond acceptors (Lipinski definition) is 3. The fourth-order valence-electron chi connectivity index (χ4n) is 1.84. The predicted molar refractivity (Wildman–Crippen MR) is 71.8 cm³/mol. The highest BCUT2D eigenvalue weighted by Gasteiger charge is 2.04. The molecule has 0 saturated heterocycles. The van der Waals surface area contributed by atoms with Gasteiger partial charge >= 0.3 is 0 Å². The molecule has 0 spiro atoms. The second kappa shape index (κ2) is 5.34. The number of aromatic nitrogens is 1. The Kier molecular flexibility index (Phi) is 3.60. The van der Waals surface area contributed by atoms with E-state index < -0.39 is 0 Å². The Morgan fingerprint density at radius 3 is 2.59 bits per heavy atom. The zero-order valence-electron chi connectivity index (χ0n) is 10.0. The first-order valence-electron chi connectivity index (χ1n) is 5.80. The van der Waals surface area contributed by atoms with Gasteiger partial charge in [-0.25, -0.2) is 4.98 Å². The van der Waals surface area contributed by atoms with Crippen molar-refractivity contribution in [3.05, 3.63) is 54.2 Å². The molecule has 0 aliphatic rings. The normalized spacial score (nSPS) is 10.2. The van der Waals surface area contributed by atoms with Crippen LogP contribution in [0.2, 0.25) is 0 Å². The van der Waals surface area contributed by atoms with Crippen LogP contribution in [0, 0.1) is 0 Å². The smallest absolute Gasteiger partial charge is 0.123 e. The molecule has 1 aromatic heterocycles. The lowest BCUT2D eigenvalue weighted by Crippen LogP contribution is -2.21. The van der Waals surface area contributed by atoms with Gasteiger partial charge in [-0.1, -0.05) is 18.2 Å². The number of pyridine rings is 1. The number of rotatable bonds is 4. The Balaban J connectivity index is 2.16. The van der Waals surface area contributed by atoms with E-state index in [2.05, 4.69) is 41.1 Å². The molecule has 17 heavy (non-hydrogen) atoms. The molecule has 1 heterocycles. The van der Waals surface area contributed by atoms with Crippen molar-refractivity contribution in [2.45, 2.75) is 13.5 Å². The molecule has 3 heteroatoms. The summed E-state index contributed by atoms with van der Waals surface area (Å²) in [4.78, 5) is 6.31. The Morgan fingerprint density at radius 2 is 1.94 bits per heavy atom. The molecule has 2 N–H and O–H groups in total. The Bertz CT molecular complexity index is 468. The van der Waals surface area contributed by atoms with Crippen LogP contribution >= 0.6 is 0 Å². The number of nitrogens with zero attached hydrogens (tertiary/aromatic N) is 2. The molecule has 0 aliphatic carbocycles. The summed E-state index contributed by atoms with van der Waals surface area (Å²) in [5, 5.41) is 0. The van der Waals surface area contributed by atoms with Crippen LogP contribution in [0.1, 0.15) is 12.5 Å². The van der Waals surface area contributed by atoms with Gasteiger partial charge in [-0.05, 0) is 36.8 Å². The Labute approximate surface area is 102 Å². The van der Waals surface area contributed by atoms with Crippen LogP contribution in [0.3, 0.4) is 0 Å². The number of para-hydroxylation sites is 1. The topological polar surface area (TPSA) is 42.2 Å². The minimum atomic E-state index is 0.576. The van der Waals surface area contributed by atoms with E-state index in [-0.39, 0.29) is 0 Å². The first-order valence-corrected chi connectivity index (χ1v) is 5.80. The summed E-state index contributed by atoms with van der Waals surface area (Å²) in [6, 6.07) is 14.3. The summed E-state index contributed by atoms with van der Waals surface area (Å²) >= 11 is 0. The van der Waals surface area contributed by atoms with Gasteiger partial charge in [-0.3, -0.25) is 0 Å². The molecule has 0 atom stereocenters. The number of nitrogen functional groups attached to an aromatic ring is 1. The average molecular weight is 227 g/mol. The number of nitrogens with two attached hydrogens (primary N) is 1. The van der Waals surface area contributed by atoms with Crippen molar-refractivity contribution in [1.82, 2.24) is 4.98 Å². The molecule has 0 fully saturated rings. The highest BCUT2D eigenvalue weighted by molar-refractivity contribution is 5.47. The lowest BCUT2D eigenvalue weighted by atomic mass is 10.2. The van der Waals surface area contributed by atoms with E-state index in [0.717, 1.165) is 13.1 Å². The zero-order chi connectivity index (χ0) is 12.1. The van der Waals surface area contributed by atoms with Gasteiger partial charge < -0.3 is 10.6 Å². The Hall–Kier alpha value is -2.03. The SMILES string of the molecule is CCN(Cc1ccnc(N)c1)c1ccccc1. The monoisotopic (exact) mass is 227 g/mol. The second-order valence-electron chi connectivity index (χ2n) is 3.94. The first-order chi connectivity index (χ1) is 8.29. The molecule has 2 aromatic rings. The van der Waals surface area contributed by atoms with Crippen LogP contribution in [-0.2, 0) is 6.54 Å². The maximum absolute atomic E-state index is 5.68. The van der Waals surface area contributed by atoms with Gasteiger partial charge in [0, 0.05) is 25.0 Å². The number of anilines is 2. The number of hydrogen-bond donors (Lipinski definition) is 1. The van der Waals surface area contributed by atoms with Crippen LogP contribution in [0.4, 0.5) is 11.5 Å². The molecule has 3 nitrogen and oxygen atoms in total. The van der Waals surface area contributed by atoms with E-state index >= 15 is 0 Å². The second-order valence-corrected chi connectivity index (χ2v) is 3.94. The van der Waals surface area contributed by atoms with E-state index in [1.807, 2.05) is 18.2 Å². The van der Waals surface area contributed by atoms with Crippen LogP contribution in [-0.4, -0.2) is 11.5 Å². The van der Waals surface area contributed by atoms with Crippen molar-refractivity contribution in [3.8, 4) is 0 Å². The van der Waals surface area contributed by atoms with Crippen LogP contribution in [0.5, 0.6) is 0 Å². The van der Waals surface area contributed by atoms with Crippen molar-refractivity contribution in [3.63, 3.8) is 0 Å². The minimum Gasteiger partial charge on any atom is -0.384 e. The predicted octanol–water partition coefficient (Wildman–Crippen LogP) is 2.69. The van der Waals surface area contributed by atoms with E-state index in [9.17, 15) is 0 Å². The van der Waals surface area contributed by atoms with Gasteiger partial charge in [0.25, 0.3) is 0 Å². The third kappa shape index (κ3) is 2.97. The van der Waals surface area contributed by atoms with E-state index in [0.29, 0.717) is 5.82 Å². The van der Waals surface area contributed by atoms with Crippen molar-refractivity contribution in [2.24, 2.45) is 0 Å². The summed E-state index contributed by atoms with van der Waals surface area (Å²) in [5.41, 5.74) is 8.10. The highest BCUT2D eigenvalue weighted by Crippen LogP contribution is 2.16. The zero-order valence-corrected chi connectivity index (χ0v) is 10.0. The molecular formula is C14H17N3. The van der Waals surface area contributed by atoms with E-state index in [1.54, 1.807) is 6.20 Å². The Morgan fingerprint density at radius 1 is 1.18 bits per heavy atom. The average Bonchev–Trinajstić information content (AvgIpc) is 2.37. The van der Waals surface area contributed by atoms with E-state index in [1.165, 1.54) is 11.3 Å². The van der Waals surface area contributed by atoms with Gasteiger partial charge in [-0.15, -0.1) is 0 Å². The van der Waals surface area contributed by atoms with Crippen LogP contribution < -0.4 is 10.6 Å². The molecule has 1 aromatic carbocycles. The van der Waals surface area contributed by atoms with Crippen molar-refractivity contribution in [1.29, 1.82) is 0 Å². The quantitative estimate of drug-likeness (QED) is 0.873. The van der Waals surface area contributed by atoms with Crippen LogP contribution in [0.15, 0.2) is 48.7 Å². The lowest BCUT2D eigenvalue weighted by molar-refractivity contribution is 0.831. The van der Waals surface area contributed by atoms with Crippen LogP contribution in [0.25, 0.3) is 0 Å². The molecule has 0 unspecified atom stereocenters.